The first-order chi connectivity index (χ1) is 8.22. The molecule has 92 valence electrons. The number of rotatable bonds is 1. The Hall–Kier alpha value is -1.06. The van der Waals surface area contributed by atoms with Gasteiger partial charge in [0.05, 0.1) is 0 Å². The van der Waals surface area contributed by atoms with Crippen LogP contribution in [0.15, 0.2) is 18.2 Å². The Morgan fingerprint density at radius 2 is 1.82 bits per heavy atom. The van der Waals surface area contributed by atoms with Crippen molar-refractivity contribution < 1.29 is 0 Å². The normalized spacial score (nSPS) is 22.9. The summed E-state index contributed by atoms with van der Waals surface area (Å²) in [5, 5.41) is 0. The Bertz CT molecular complexity index is 408. The van der Waals surface area contributed by atoms with Crippen LogP contribution in [0.4, 0.5) is 5.69 Å². The Morgan fingerprint density at radius 1 is 1.12 bits per heavy atom. The van der Waals surface area contributed by atoms with Gasteiger partial charge in [-0.15, -0.1) is 0 Å². The van der Waals surface area contributed by atoms with Crippen molar-refractivity contribution in [3.05, 3.63) is 29.3 Å². The van der Waals surface area contributed by atoms with E-state index in [4.69, 9.17) is 5.73 Å². The van der Waals surface area contributed by atoms with E-state index in [1.54, 1.807) is 0 Å². The zero-order valence-corrected chi connectivity index (χ0v) is 10.5. The number of nitrogen functional groups attached to an aromatic ring is 1. The fourth-order valence-electron chi connectivity index (χ4n) is 3.06. The van der Waals surface area contributed by atoms with Gasteiger partial charge in [-0.05, 0) is 56.2 Å². The zero-order chi connectivity index (χ0) is 11.8. The number of hydrogen-bond donors (Lipinski definition) is 1. The van der Waals surface area contributed by atoms with Crippen molar-refractivity contribution in [3.63, 3.8) is 0 Å². The molecule has 0 bridgehead atoms. The van der Waals surface area contributed by atoms with Crippen molar-refractivity contribution in [3.8, 4) is 0 Å². The summed E-state index contributed by atoms with van der Waals surface area (Å²) < 4.78 is 0. The molecule has 2 N–H and O–H groups in total. The van der Waals surface area contributed by atoms with Gasteiger partial charge >= 0.3 is 0 Å². The molecule has 0 aromatic heterocycles. The van der Waals surface area contributed by atoms with E-state index >= 15 is 0 Å². The van der Waals surface area contributed by atoms with Crippen molar-refractivity contribution in [1.82, 2.24) is 9.80 Å². The topological polar surface area (TPSA) is 32.5 Å². The van der Waals surface area contributed by atoms with E-state index in [1.165, 1.54) is 37.1 Å². The Kier molecular flexibility index (Phi) is 2.81. The van der Waals surface area contributed by atoms with E-state index in [9.17, 15) is 0 Å². The highest BCUT2D eigenvalue weighted by atomic mass is 15.2. The first-order valence-electron chi connectivity index (χ1n) is 6.52. The van der Waals surface area contributed by atoms with Crippen molar-refractivity contribution in [2.45, 2.75) is 32.0 Å². The summed E-state index contributed by atoms with van der Waals surface area (Å²) in [6.07, 6.45) is 2.61. The van der Waals surface area contributed by atoms with E-state index in [1.807, 2.05) is 6.07 Å². The van der Waals surface area contributed by atoms with Gasteiger partial charge in [0.15, 0.2) is 0 Å². The van der Waals surface area contributed by atoms with E-state index in [2.05, 4.69) is 29.0 Å². The molecule has 0 radical (unpaired) electrons. The summed E-state index contributed by atoms with van der Waals surface area (Å²) in [7, 11) is 2.22. The number of likely N-dealkylation sites (tertiary alicyclic amines) is 1. The van der Waals surface area contributed by atoms with Crippen LogP contribution in [-0.4, -0.2) is 36.0 Å². The maximum Gasteiger partial charge on any atom is 0.0317 e. The molecule has 1 saturated heterocycles. The third kappa shape index (κ3) is 2.17. The summed E-state index contributed by atoms with van der Waals surface area (Å²) in [5.74, 6) is 0. The maximum absolute atomic E-state index is 5.85. The lowest BCUT2D eigenvalue weighted by Crippen LogP contribution is -2.41. The van der Waals surface area contributed by atoms with Crippen LogP contribution in [0.5, 0.6) is 0 Å². The fraction of sp³-hybridized carbons (Fsp3) is 0.571. The number of anilines is 1. The highest BCUT2D eigenvalue weighted by Gasteiger charge is 2.27. The molecule has 3 nitrogen and oxygen atoms in total. The minimum atomic E-state index is 0.764. The van der Waals surface area contributed by atoms with Crippen LogP contribution in [0.1, 0.15) is 24.0 Å². The van der Waals surface area contributed by atoms with Crippen LogP contribution >= 0.6 is 0 Å². The molecule has 3 rings (SSSR count). The first-order valence-corrected chi connectivity index (χ1v) is 6.52. The quantitative estimate of drug-likeness (QED) is 0.746. The Balaban J connectivity index is 1.69. The van der Waals surface area contributed by atoms with Crippen molar-refractivity contribution in [2.24, 2.45) is 0 Å². The smallest absolute Gasteiger partial charge is 0.0317 e. The molecule has 0 amide bonds. The van der Waals surface area contributed by atoms with E-state index in [0.717, 1.165) is 24.8 Å². The monoisotopic (exact) mass is 231 g/mol. The molecule has 0 unspecified atom stereocenters. The molecule has 2 aliphatic heterocycles. The second-order valence-electron chi connectivity index (χ2n) is 5.47. The standard InChI is InChI=1S/C14H21N3/c1-16-6-4-14(5-7-16)17-9-11-2-3-13(15)8-12(11)10-17/h2-3,8,14H,4-7,9-10,15H2,1H3. The highest BCUT2D eigenvalue weighted by molar-refractivity contribution is 5.46. The van der Waals surface area contributed by atoms with Crippen molar-refractivity contribution in [1.29, 1.82) is 0 Å². The van der Waals surface area contributed by atoms with Crippen LogP contribution in [0.2, 0.25) is 0 Å². The molecule has 1 fully saturated rings. The average molecular weight is 231 g/mol. The number of piperidine rings is 1. The Labute approximate surface area is 103 Å². The van der Waals surface area contributed by atoms with Gasteiger partial charge in [0.1, 0.15) is 0 Å². The summed E-state index contributed by atoms with van der Waals surface area (Å²) in [6, 6.07) is 7.13. The van der Waals surface area contributed by atoms with Gasteiger partial charge in [-0.1, -0.05) is 6.07 Å². The summed E-state index contributed by atoms with van der Waals surface area (Å²) >= 11 is 0. The first kappa shape index (κ1) is 11.1. The molecule has 0 saturated carbocycles. The number of benzene rings is 1. The lowest BCUT2D eigenvalue weighted by atomic mass is 10.0. The SMILES string of the molecule is CN1CCC(N2Cc3ccc(N)cc3C2)CC1. The van der Waals surface area contributed by atoms with Gasteiger partial charge in [-0.25, -0.2) is 0 Å². The maximum atomic E-state index is 5.85. The number of nitrogens with zero attached hydrogens (tertiary/aromatic N) is 2. The van der Waals surface area contributed by atoms with Crippen LogP contribution in [-0.2, 0) is 13.1 Å². The van der Waals surface area contributed by atoms with Crippen LogP contribution in [0.25, 0.3) is 0 Å². The van der Waals surface area contributed by atoms with Gasteiger partial charge in [0.25, 0.3) is 0 Å². The molecule has 0 atom stereocenters. The fourth-order valence-corrected chi connectivity index (χ4v) is 3.06. The Morgan fingerprint density at radius 3 is 2.59 bits per heavy atom. The molecular formula is C14H21N3. The van der Waals surface area contributed by atoms with Crippen molar-refractivity contribution >= 4 is 5.69 Å². The number of fused-ring (bicyclic) bond motifs is 1. The van der Waals surface area contributed by atoms with Gasteiger partial charge in [0.2, 0.25) is 0 Å². The molecule has 2 aliphatic rings. The third-order valence-electron chi connectivity index (χ3n) is 4.18. The molecule has 1 aromatic rings. The van der Waals surface area contributed by atoms with Gasteiger partial charge < -0.3 is 10.6 Å². The average Bonchev–Trinajstić information content (AvgIpc) is 2.72. The molecule has 0 spiro atoms. The zero-order valence-electron chi connectivity index (χ0n) is 10.5. The summed E-state index contributed by atoms with van der Waals surface area (Å²) in [4.78, 5) is 5.05. The molecular weight excluding hydrogens is 210 g/mol. The second kappa shape index (κ2) is 4.31. The van der Waals surface area contributed by atoms with Gasteiger partial charge in [-0.2, -0.15) is 0 Å². The van der Waals surface area contributed by atoms with E-state index in [-0.39, 0.29) is 0 Å². The predicted molar refractivity (Wildman–Crippen MR) is 70.6 cm³/mol. The summed E-state index contributed by atoms with van der Waals surface area (Å²) in [6.45, 7) is 4.68. The second-order valence-corrected chi connectivity index (χ2v) is 5.47. The largest absolute Gasteiger partial charge is 0.399 e. The predicted octanol–water partition coefficient (Wildman–Crippen LogP) is 1.68. The number of nitrogens with two attached hydrogens (primary N) is 1. The minimum Gasteiger partial charge on any atom is -0.399 e. The van der Waals surface area contributed by atoms with Crippen molar-refractivity contribution in [2.75, 3.05) is 25.9 Å². The van der Waals surface area contributed by atoms with E-state index in [0.29, 0.717) is 0 Å². The van der Waals surface area contributed by atoms with Gasteiger partial charge in [-0.3, -0.25) is 4.90 Å². The van der Waals surface area contributed by atoms with Gasteiger partial charge in [0, 0.05) is 24.8 Å². The molecule has 1 aromatic carbocycles. The van der Waals surface area contributed by atoms with Crippen LogP contribution < -0.4 is 5.73 Å². The molecule has 2 heterocycles. The molecule has 0 aliphatic carbocycles. The lowest BCUT2D eigenvalue weighted by molar-refractivity contribution is 0.120. The molecule has 3 heteroatoms. The summed E-state index contributed by atoms with van der Waals surface area (Å²) in [5.41, 5.74) is 9.65. The number of hydrogen-bond acceptors (Lipinski definition) is 3. The van der Waals surface area contributed by atoms with Crippen LogP contribution in [0.3, 0.4) is 0 Å². The third-order valence-corrected chi connectivity index (χ3v) is 4.18. The van der Waals surface area contributed by atoms with Crippen LogP contribution in [0, 0.1) is 0 Å². The molecule has 17 heavy (non-hydrogen) atoms. The van der Waals surface area contributed by atoms with E-state index < -0.39 is 0 Å². The highest BCUT2D eigenvalue weighted by Crippen LogP contribution is 2.29. The lowest BCUT2D eigenvalue weighted by Gasteiger charge is -2.34. The minimum absolute atomic E-state index is 0.764.